The lowest BCUT2D eigenvalue weighted by molar-refractivity contribution is 0.567. The van der Waals surface area contributed by atoms with Gasteiger partial charge in [0, 0.05) is 23.0 Å². The summed E-state index contributed by atoms with van der Waals surface area (Å²) in [7, 11) is 0. The first-order valence-electron chi connectivity index (χ1n) is 7.35. The summed E-state index contributed by atoms with van der Waals surface area (Å²) >= 11 is 1.54. The van der Waals surface area contributed by atoms with Crippen LogP contribution in [0.5, 0.6) is 0 Å². The van der Waals surface area contributed by atoms with Crippen LogP contribution in [-0.2, 0) is 5.41 Å². The van der Waals surface area contributed by atoms with E-state index in [9.17, 15) is 4.79 Å². The van der Waals surface area contributed by atoms with Crippen molar-refractivity contribution in [3.05, 3.63) is 33.6 Å². The van der Waals surface area contributed by atoms with Gasteiger partial charge in [-0.15, -0.1) is 11.3 Å². The second-order valence-electron chi connectivity index (χ2n) is 6.18. The van der Waals surface area contributed by atoms with Crippen LogP contribution in [0.25, 0.3) is 11.3 Å². The third kappa shape index (κ3) is 3.94. The van der Waals surface area contributed by atoms with Gasteiger partial charge in [-0.3, -0.25) is 4.79 Å². The maximum atomic E-state index is 12.2. The van der Waals surface area contributed by atoms with Crippen molar-refractivity contribution in [1.82, 2.24) is 9.97 Å². The van der Waals surface area contributed by atoms with Crippen LogP contribution in [0.3, 0.4) is 0 Å². The molecule has 0 saturated carbocycles. The lowest BCUT2D eigenvalue weighted by atomic mass is 9.91. The fourth-order valence-electron chi connectivity index (χ4n) is 1.96. The van der Waals surface area contributed by atoms with Crippen LogP contribution < -0.4 is 10.9 Å². The number of pyridine rings is 1. The Balaban J connectivity index is 2.21. The summed E-state index contributed by atoms with van der Waals surface area (Å²) in [5.74, 6) is 0. The highest BCUT2D eigenvalue weighted by atomic mass is 32.1. The first kappa shape index (κ1) is 15.8. The van der Waals surface area contributed by atoms with Gasteiger partial charge in [0.2, 0.25) is 0 Å². The standard InChI is InChI=1S/C16H23N3OS/c1-5-6-9-17-15-18-12(10-21-15)11-7-8-13(16(2,3)4)19-14(11)20/h7-8,10H,5-6,9H2,1-4H3,(H,17,18)(H,19,20). The van der Waals surface area contributed by atoms with Gasteiger partial charge in [0.05, 0.1) is 11.3 Å². The molecule has 2 aromatic rings. The second-order valence-corrected chi connectivity index (χ2v) is 7.04. The Hall–Kier alpha value is -1.62. The third-order valence-corrected chi connectivity index (χ3v) is 4.10. The smallest absolute Gasteiger partial charge is 0.257 e. The van der Waals surface area contributed by atoms with Crippen LogP contribution in [0.4, 0.5) is 5.13 Å². The van der Waals surface area contributed by atoms with Gasteiger partial charge in [-0.1, -0.05) is 34.1 Å². The zero-order valence-corrected chi connectivity index (χ0v) is 13.9. The SMILES string of the molecule is CCCCNc1nc(-c2ccc(C(C)(C)C)[nH]c2=O)cs1. The van der Waals surface area contributed by atoms with E-state index in [0.717, 1.165) is 35.9 Å². The molecule has 114 valence electrons. The zero-order chi connectivity index (χ0) is 15.5. The third-order valence-electron chi connectivity index (χ3n) is 3.30. The first-order valence-corrected chi connectivity index (χ1v) is 8.23. The summed E-state index contributed by atoms with van der Waals surface area (Å²) < 4.78 is 0. The number of hydrogen-bond donors (Lipinski definition) is 2. The van der Waals surface area contributed by atoms with Gasteiger partial charge >= 0.3 is 0 Å². The number of hydrogen-bond acceptors (Lipinski definition) is 4. The summed E-state index contributed by atoms with van der Waals surface area (Å²) in [5, 5.41) is 6.09. The molecule has 0 saturated heterocycles. The Morgan fingerprint density at radius 3 is 2.71 bits per heavy atom. The predicted octanol–water partition coefficient (Wildman–Crippen LogP) is 4.01. The Labute approximate surface area is 129 Å². The van der Waals surface area contributed by atoms with E-state index >= 15 is 0 Å². The first-order chi connectivity index (χ1) is 9.91. The average molecular weight is 305 g/mol. The molecule has 0 fully saturated rings. The number of H-pyrrole nitrogens is 1. The molecular formula is C16H23N3OS. The quantitative estimate of drug-likeness (QED) is 0.821. The Morgan fingerprint density at radius 1 is 1.33 bits per heavy atom. The van der Waals surface area contributed by atoms with Crippen LogP contribution >= 0.6 is 11.3 Å². The highest BCUT2D eigenvalue weighted by Crippen LogP contribution is 2.24. The van der Waals surface area contributed by atoms with Crippen LogP contribution in [0.1, 0.15) is 46.2 Å². The maximum Gasteiger partial charge on any atom is 0.257 e. The molecule has 0 unspecified atom stereocenters. The number of nitrogens with zero attached hydrogens (tertiary/aromatic N) is 1. The minimum absolute atomic E-state index is 0.0629. The summed E-state index contributed by atoms with van der Waals surface area (Å²) in [6.45, 7) is 9.32. The zero-order valence-electron chi connectivity index (χ0n) is 13.1. The molecule has 2 rings (SSSR count). The number of rotatable bonds is 5. The fourth-order valence-corrected chi connectivity index (χ4v) is 2.70. The van der Waals surface area contributed by atoms with Crippen molar-refractivity contribution < 1.29 is 0 Å². The van der Waals surface area contributed by atoms with Crippen molar-refractivity contribution in [2.24, 2.45) is 0 Å². The van der Waals surface area contributed by atoms with Crippen LogP contribution in [-0.4, -0.2) is 16.5 Å². The molecule has 0 radical (unpaired) electrons. The van der Waals surface area contributed by atoms with E-state index in [1.807, 2.05) is 17.5 Å². The molecule has 21 heavy (non-hydrogen) atoms. The van der Waals surface area contributed by atoms with E-state index in [4.69, 9.17) is 0 Å². The van der Waals surface area contributed by atoms with Crippen LogP contribution in [0.15, 0.2) is 22.3 Å². The molecule has 2 aromatic heterocycles. The van der Waals surface area contributed by atoms with Gasteiger partial charge in [0.25, 0.3) is 5.56 Å². The molecule has 0 aliphatic heterocycles. The Morgan fingerprint density at radius 2 is 2.10 bits per heavy atom. The average Bonchev–Trinajstić information content (AvgIpc) is 2.86. The summed E-state index contributed by atoms with van der Waals surface area (Å²) in [6, 6.07) is 3.84. The largest absolute Gasteiger partial charge is 0.362 e. The van der Waals surface area contributed by atoms with E-state index < -0.39 is 0 Å². The molecule has 0 aromatic carbocycles. The maximum absolute atomic E-state index is 12.2. The van der Waals surface area contributed by atoms with E-state index in [1.54, 1.807) is 0 Å². The Kier molecular flexibility index (Phi) is 4.83. The fraction of sp³-hybridized carbons (Fsp3) is 0.500. The van der Waals surface area contributed by atoms with Crippen molar-refractivity contribution >= 4 is 16.5 Å². The number of nitrogens with one attached hydrogen (secondary N) is 2. The van der Waals surface area contributed by atoms with E-state index in [0.29, 0.717) is 5.56 Å². The van der Waals surface area contributed by atoms with Gasteiger partial charge in [0.1, 0.15) is 0 Å². The molecule has 0 aliphatic carbocycles. The predicted molar refractivity (Wildman–Crippen MR) is 90.3 cm³/mol. The van der Waals surface area contributed by atoms with Gasteiger partial charge < -0.3 is 10.3 Å². The van der Waals surface area contributed by atoms with Crippen LogP contribution in [0, 0.1) is 0 Å². The van der Waals surface area contributed by atoms with E-state index in [1.165, 1.54) is 11.3 Å². The van der Waals surface area contributed by atoms with Crippen molar-refractivity contribution in [2.45, 2.75) is 46.0 Å². The number of anilines is 1. The second kappa shape index (κ2) is 6.43. The normalized spacial score (nSPS) is 11.6. The number of aromatic amines is 1. The molecule has 4 nitrogen and oxygen atoms in total. The van der Waals surface area contributed by atoms with Gasteiger partial charge in [-0.2, -0.15) is 0 Å². The molecule has 2 heterocycles. The lowest BCUT2D eigenvalue weighted by Crippen LogP contribution is -2.20. The summed E-state index contributed by atoms with van der Waals surface area (Å²) in [4.78, 5) is 19.7. The molecule has 0 aliphatic rings. The number of thiazole rings is 1. The van der Waals surface area contributed by atoms with Crippen LogP contribution in [0.2, 0.25) is 0 Å². The lowest BCUT2D eigenvalue weighted by Gasteiger charge is -2.18. The molecule has 0 atom stereocenters. The minimum atomic E-state index is -0.0761. The molecule has 0 amide bonds. The van der Waals surface area contributed by atoms with E-state index in [2.05, 4.69) is 43.0 Å². The molecular weight excluding hydrogens is 282 g/mol. The topological polar surface area (TPSA) is 57.8 Å². The van der Waals surface area contributed by atoms with Crippen molar-refractivity contribution in [3.8, 4) is 11.3 Å². The molecule has 0 bridgehead atoms. The van der Waals surface area contributed by atoms with Crippen molar-refractivity contribution in [2.75, 3.05) is 11.9 Å². The van der Waals surface area contributed by atoms with Crippen molar-refractivity contribution in [3.63, 3.8) is 0 Å². The van der Waals surface area contributed by atoms with Gasteiger partial charge in [-0.05, 0) is 18.6 Å². The monoisotopic (exact) mass is 305 g/mol. The highest BCUT2D eigenvalue weighted by molar-refractivity contribution is 7.14. The number of aromatic nitrogens is 2. The van der Waals surface area contributed by atoms with Crippen molar-refractivity contribution in [1.29, 1.82) is 0 Å². The van der Waals surface area contributed by atoms with Gasteiger partial charge in [0.15, 0.2) is 5.13 Å². The van der Waals surface area contributed by atoms with E-state index in [-0.39, 0.29) is 11.0 Å². The summed E-state index contributed by atoms with van der Waals surface area (Å²) in [5.41, 5.74) is 2.16. The Bertz CT molecular complexity index is 652. The molecule has 5 heteroatoms. The van der Waals surface area contributed by atoms with Gasteiger partial charge in [-0.25, -0.2) is 4.98 Å². The minimum Gasteiger partial charge on any atom is -0.362 e. The number of unbranched alkanes of at least 4 members (excludes halogenated alkanes) is 1. The highest BCUT2D eigenvalue weighted by Gasteiger charge is 2.16. The molecule has 2 N–H and O–H groups in total. The molecule has 0 spiro atoms. The summed E-state index contributed by atoms with van der Waals surface area (Å²) in [6.07, 6.45) is 2.27.